The zero-order chi connectivity index (χ0) is 17.4. The molecule has 0 atom stereocenters. The molecule has 1 amide bonds. The molecule has 2 aliphatic rings. The van der Waals surface area contributed by atoms with Gasteiger partial charge in [-0.05, 0) is 45.0 Å². The van der Waals surface area contributed by atoms with Crippen LogP contribution in [0.4, 0.5) is 10.1 Å². The molecule has 1 aromatic carbocycles. The molecule has 3 heterocycles. The number of halogens is 1. The fraction of sp³-hybridized carbons (Fsp3) is 0.471. The highest BCUT2D eigenvalue weighted by Crippen LogP contribution is 2.33. The summed E-state index contributed by atoms with van der Waals surface area (Å²) in [5, 5.41) is 11.7. The van der Waals surface area contributed by atoms with Crippen molar-refractivity contribution in [2.75, 3.05) is 31.1 Å². The van der Waals surface area contributed by atoms with Gasteiger partial charge in [0.05, 0.1) is 24.0 Å². The predicted octanol–water partition coefficient (Wildman–Crippen LogP) is 1.69. The maximum absolute atomic E-state index is 13.4. The third-order valence-corrected chi connectivity index (χ3v) is 4.81. The fourth-order valence-corrected chi connectivity index (χ4v) is 3.47. The number of anilines is 1. The van der Waals surface area contributed by atoms with Gasteiger partial charge in [-0.25, -0.2) is 9.07 Å². The summed E-state index contributed by atoms with van der Waals surface area (Å²) in [5.74, 6) is -0.238. The standard InChI is InChI=1S/C17H20FN5O2/c1-11-16(20-21-23(11)13-4-6-19-7-5-13)17(24)22-8-9-25-15-10-12(18)2-3-14(15)22/h2-3,10,13,19H,4-9H2,1H3. The van der Waals surface area contributed by atoms with Crippen molar-refractivity contribution in [1.82, 2.24) is 20.3 Å². The number of carbonyl (C=O) groups is 1. The summed E-state index contributed by atoms with van der Waals surface area (Å²) in [4.78, 5) is 14.6. The van der Waals surface area contributed by atoms with Crippen LogP contribution in [0.5, 0.6) is 5.75 Å². The maximum atomic E-state index is 13.4. The van der Waals surface area contributed by atoms with Crippen molar-refractivity contribution in [2.24, 2.45) is 0 Å². The van der Waals surface area contributed by atoms with Gasteiger partial charge in [-0.15, -0.1) is 5.10 Å². The summed E-state index contributed by atoms with van der Waals surface area (Å²) >= 11 is 0. The average Bonchev–Trinajstić information content (AvgIpc) is 3.02. The highest BCUT2D eigenvalue weighted by atomic mass is 19.1. The molecule has 2 aliphatic heterocycles. The number of rotatable bonds is 2. The molecule has 2 aromatic rings. The van der Waals surface area contributed by atoms with Gasteiger partial charge in [0, 0.05) is 6.07 Å². The van der Waals surface area contributed by atoms with Crippen molar-refractivity contribution in [1.29, 1.82) is 0 Å². The molecule has 0 spiro atoms. The summed E-state index contributed by atoms with van der Waals surface area (Å²) in [6.45, 7) is 4.48. The Balaban J connectivity index is 1.63. The van der Waals surface area contributed by atoms with E-state index in [1.165, 1.54) is 12.1 Å². The first-order chi connectivity index (χ1) is 12.1. The van der Waals surface area contributed by atoms with Crippen LogP contribution in [0, 0.1) is 12.7 Å². The number of hydrogen-bond donors (Lipinski definition) is 1. The van der Waals surface area contributed by atoms with Crippen molar-refractivity contribution in [3.05, 3.63) is 35.4 Å². The molecule has 7 nitrogen and oxygen atoms in total. The number of fused-ring (bicyclic) bond motifs is 1. The van der Waals surface area contributed by atoms with E-state index < -0.39 is 0 Å². The Kier molecular flexibility index (Phi) is 4.12. The molecule has 0 bridgehead atoms. The highest BCUT2D eigenvalue weighted by Gasteiger charge is 2.30. The van der Waals surface area contributed by atoms with Crippen molar-refractivity contribution >= 4 is 11.6 Å². The molecule has 132 valence electrons. The SMILES string of the molecule is Cc1c(C(=O)N2CCOc3cc(F)ccc32)nnn1C1CCNCC1. The quantitative estimate of drug-likeness (QED) is 0.897. The predicted molar refractivity (Wildman–Crippen MR) is 89.5 cm³/mol. The lowest BCUT2D eigenvalue weighted by Crippen LogP contribution is -2.38. The fourth-order valence-electron chi connectivity index (χ4n) is 3.47. The lowest BCUT2D eigenvalue weighted by molar-refractivity contribution is 0.0971. The van der Waals surface area contributed by atoms with Gasteiger partial charge in [0.2, 0.25) is 0 Å². The molecule has 25 heavy (non-hydrogen) atoms. The van der Waals surface area contributed by atoms with Gasteiger partial charge < -0.3 is 10.1 Å². The molecule has 4 rings (SSSR count). The van der Waals surface area contributed by atoms with Crippen LogP contribution in [0.1, 0.15) is 35.1 Å². The Hall–Kier alpha value is -2.48. The third kappa shape index (κ3) is 2.86. The van der Waals surface area contributed by atoms with Crippen molar-refractivity contribution in [3.8, 4) is 5.75 Å². The van der Waals surface area contributed by atoms with Gasteiger partial charge >= 0.3 is 0 Å². The second-order valence-electron chi connectivity index (χ2n) is 6.37. The minimum atomic E-state index is -0.388. The third-order valence-electron chi connectivity index (χ3n) is 4.81. The minimum absolute atomic E-state index is 0.228. The Morgan fingerprint density at radius 2 is 2.16 bits per heavy atom. The van der Waals surface area contributed by atoms with Crippen molar-refractivity contribution in [3.63, 3.8) is 0 Å². The number of aromatic nitrogens is 3. The molecule has 0 saturated carbocycles. The minimum Gasteiger partial charge on any atom is -0.489 e. The van der Waals surface area contributed by atoms with Gasteiger partial charge in [0.15, 0.2) is 5.69 Å². The van der Waals surface area contributed by atoms with Gasteiger partial charge in [0.25, 0.3) is 5.91 Å². The van der Waals surface area contributed by atoms with E-state index in [2.05, 4.69) is 15.6 Å². The lowest BCUT2D eigenvalue weighted by atomic mass is 10.1. The van der Waals surface area contributed by atoms with E-state index in [0.717, 1.165) is 31.6 Å². The van der Waals surface area contributed by atoms with Crippen LogP contribution in [0.3, 0.4) is 0 Å². The number of nitrogens with zero attached hydrogens (tertiary/aromatic N) is 4. The maximum Gasteiger partial charge on any atom is 0.280 e. The van der Waals surface area contributed by atoms with Crippen LogP contribution < -0.4 is 15.0 Å². The molecular formula is C17H20FN5O2. The molecule has 8 heteroatoms. The zero-order valence-corrected chi connectivity index (χ0v) is 14.0. The summed E-state index contributed by atoms with van der Waals surface area (Å²) in [6, 6.07) is 4.45. The lowest BCUT2D eigenvalue weighted by Gasteiger charge is -2.29. The summed E-state index contributed by atoms with van der Waals surface area (Å²) in [6.07, 6.45) is 1.94. The average molecular weight is 345 g/mol. The molecule has 0 unspecified atom stereocenters. The molecule has 1 saturated heterocycles. The number of ether oxygens (including phenoxy) is 1. The van der Waals surface area contributed by atoms with Crippen LogP contribution >= 0.6 is 0 Å². The largest absolute Gasteiger partial charge is 0.489 e. The number of amides is 1. The molecule has 1 N–H and O–H groups in total. The first-order valence-electron chi connectivity index (χ1n) is 8.52. The van der Waals surface area contributed by atoms with E-state index in [9.17, 15) is 9.18 Å². The van der Waals surface area contributed by atoms with E-state index >= 15 is 0 Å². The summed E-state index contributed by atoms with van der Waals surface area (Å²) < 4.78 is 20.7. The highest BCUT2D eigenvalue weighted by molar-refractivity contribution is 6.06. The molecule has 1 fully saturated rings. The number of carbonyl (C=O) groups excluding carboxylic acids is 1. The summed E-state index contributed by atoms with van der Waals surface area (Å²) in [7, 11) is 0. The number of piperidine rings is 1. The summed E-state index contributed by atoms with van der Waals surface area (Å²) in [5.41, 5.74) is 1.68. The first-order valence-corrected chi connectivity index (χ1v) is 8.52. The topological polar surface area (TPSA) is 72.3 Å². The molecule has 1 aromatic heterocycles. The number of hydrogen-bond acceptors (Lipinski definition) is 5. The van der Waals surface area contributed by atoms with E-state index in [1.807, 2.05) is 11.6 Å². The van der Waals surface area contributed by atoms with Crippen LogP contribution in [-0.2, 0) is 0 Å². The van der Waals surface area contributed by atoms with E-state index in [1.54, 1.807) is 11.0 Å². The van der Waals surface area contributed by atoms with Crippen LogP contribution in [0.15, 0.2) is 18.2 Å². The van der Waals surface area contributed by atoms with E-state index in [0.29, 0.717) is 30.3 Å². The van der Waals surface area contributed by atoms with E-state index in [4.69, 9.17) is 4.74 Å². The van der Waals surface area contributed by atoms with Crippen LogP contribution in [0.25, 0.3) is 0 Å². The van der Waals surface area contributed by atoms with Gasteiger partial charge in [-0.2, -0.15) is 0 Å². The number of nitrogens with one attached hydrogen (secondary N) is 1. The Morgan fingerprint density at radius 3 is 2.96 bits per heavy atom. The second kappa shape index (κ2) is 6.44. The molecule has 0 radical (unpaired) electrons. The van der Waals surface area contributed by atoms with Gasteiger partial charge in [0.1, 0.15) is 18.2 Å². The van der Waals surface area contributed by atoms with Crippen molar-refractivity contribution < 1.29 is 13.9 Å². The first kappa shape index (κ1) is 16.0. The van der Waals surface area contributed by atoms with Gasteiger partial charge in [-0.3, -0.25) is 9.69 Å². The van der Waals surface area contributed by atoms with Crippen molar-refractivity contribution in [2.45, 2.75) is 25.8 Å². The Morgan fingerprint density at radius 1 is 1.36 bits per heavy atom. The number of benzene rings is 1. The molecular weight excluding hydrogens is 325 g/mol. The van der Waals surface area contributed by atoms with Gasteiger partial charge in [-0.1, -0.05) is 5.21 Å². The normalized spacial score (nSPS) is 17.9. The van der Waals surface area contributed by atoms with Crippen LogP contribution in [-0.4, -0.2) is 47.1 Å². The zero-order valence-electron chi connectivity index (χ0n) is 14.0. The monoisotopic (exact) mass is 345 g/mol. The van der Waals surface area contributed by atoms with Crippen LogP contribution in [0.2, 0.25) is 0 Å². The Bertz CT molecular complexity index is 800. The van der Waals surface area contributed by atoms with E-state index in [-0.39, 0.29) is 17.8 Å². The molecule has 0 aliphatic carbocycles. The smallest absolute Gasteiger partial charge is 0.280 e. The Labute approximate surface area is 144 Å². The second-order valence-corrected chi connectivity index (χ2v) is 6.37.